The molecule has 1 aliphatic carbocycles. The summed E-state index contributed by atoms with van der Waals surface area (Å²) in [6.07, 6.45) is 1.58. The SMILES string of the molecule is COc1ccc(C(=O)NC2(CO)CC2)cc1O. The number of ether oxygens (including phenoxy) is 1. The van der Waals surface area contributed by atoms with Crippen LogP contribution in [-0.2, 0) is 0 Å². The standard InChI is InChI=1S/C12H15NO4/c1-17-10-3-2-8(6-9(10)15)11(16)13-12(7-14)4-5-12/h2-3,6,14-15H,4-5,7H2,1H3,(H,13,16). The first-order valence-electron chi connectivity index (χ1n) is 5.41. The highest BCUT2D eigenvalue weighted by Gasteiger charge is 2.43. The number of aliphatic hydroxyl groups is 1. The van der Waals surface area contributed by atoms with Gasteiger partial charge in [-0.1, -0.05) is 0 Å². The van der Waals surface area contributed by atoms with Crippen LogP contribution in [0.4, 0.5) is 0 Å². The second-order valence-corrected chi connectivity index (χ2v) is 4.28. The molecule has 5 heteroatoms. The smallest absolute Gasteiger partial charge is 0.251 e. The van der Waals surface area contributed by atoms with Gasteiger partial charge in [-0.25, -0.2) is 0 Å². The second kappa shape index (κ2) is 4.25. The Kier molecular flexibility index (Phi) is 2.93. The van der Waals surface area contributed by atoms with Gasteiger partial charge >= 0.3 is 0 Å². The lowest BCUT2D eigenvalue weighted by atomic mass is 10.1. The Morgan fingerprint density at radius 3 is 2.71 bits per heavy atom. The molecule has 0 aliphatic heterocycles. The number of phenolic OH excluding ortho intramolecular Hbond substituents is 1. The maximum absolute atomic E-state index is 11.8. The number of hydrogen-bond acceptors (Lipinski definition) is 4. The fraction of sp³-hybridized carbons (Fsp3) is 0.417. The maximum Gasteiger partial charge on any atom is 0.251 e. The van der Waals surface area contributed by atoms with Crippen LogP contribution in [0.2, 0.25) is 0 Å². The van der Waals surface area contributed by atoms with Crippen LogP contribution in [0.25, 0.3) is 0 Å². The molecule has 0 aromatic heterocycles. The molecule has 3 N–H and O–H groups in total. The van der Waals surface area contributed by atoms with E-state index in [9.17, 15) is 9.90 Å². The molecule has 5 nitrogen and oxygen atoms in total. The number of aromatic hydroxyl groups is 1. The van der Waals surface area contributed by atoms with Crippen LogP contribution in [0.5, 0.6) is 11.5 Å². The predicted molar refractivity (Wildman–Crippen MR) is 61.2 cm³/mol. The Hall–Kier alpha value is -1.75. The Balaban J connectivity index is 2.12. The van der Waals surface area contributed by atoms with Crippen LogP contribution in [0.3, 0.4) is 0 Å². The zero-order chi connectivity index (χ0) is 12.5. The third-order valence-corrected chi connectivity index (χ3v) is 2.98. The van der Waals surface area contributed by atoms with E-state index in [2.05, 4.69) is 5.32 Å². The van der Waals surface area contributed by atoms with Crippen LogP contribution in [-0.4, -0.2) is 35.4 Å². The first-order valence-corrected chi connectivity index (χ1v) is 5.41. The quantitative estimate of drug-likeness (QED) is 0.718. The van der Waals surface area contributed by atoms with Gasteiger partial charge in [0.25, 0.3) is 5.91 Å². The van der Waals surface area contributed by atoms with Gasteiger partial charge in [0, 0.05) is 5.56 Å². The first-order chi connectivity index (χ1) is 8.10. The number of phenols is 1. The molecular weight excluding hydrogens is 222 g/mol. The van der Waals surface area contributed by atoms with Crippen LogP contribution < -0.4 is 10.1 Å². The number of hydrogen-bond donors (Lipinski definition) is 3. The molecule has 1 fully saturated rings. The van der Waals surface area contributed by atoms with Crippen molar-refractivity contribution < 1.29 is 19.7 Å². The molecule has 1 aromatic rings. The Bertz CT molecular complexity index is 440. The average molecular weight is 237 g/mol. The third-order valence-electron chi connectivity index (χ3n) is 2.98. The zero-order valence-corrected chi connectivity index (χ0v) is 9.56. The molecule has 1 saturated carbocycles. The first kappa shape index (κ1) is 11.7. The van der Waals surface area contributed by atoms with E-state index in [1.807, 2.05) is 0 Å². The number of amides is 1. The predicted octanol–water partition coefficient (Wildman–Crippen LogP) is 0.655. The topological polar surface area (TPSA) is 78.8 Å². The van der Waals surface area contributed by atoms with E-state index in [1.165, 1.54) is 19.2 Å². The van der Waals surface area contributed by atoms with Crippen LogP contribution in [0.15, 0.2) is 18.2 Å². The number of methoxy groups -OCH3 is 1. The van der Waals surface area contributed by atoms with Crippen molar-refractivity contribution >= 4 is 5.91 Å². The van der Waals surface area contributed by atoms with Gasteiger partial charge < -0.3 is 20.3 Å². The monoisotopic (exact) mass is 237 g/mol. The third kappa shape index (κ3) is 2.34. The van der Waals surface area contributed by atoms with Crippen LogP contribution in [0.1, 0.15) is 23.2 Å². The van der Waals surface area contributed by atoms with E-state index < -0.39 is 5.54 Å². The summed E-state index contributed by atoms with van der Waals surface area (Å²) in [7, 11) is 1.44. The molecule has 1 amide bonds. The minimum Gasteiger partial charge on any atom is -0.504 e. The number of carbonyl (C=O) groups is 1. The van der Waals surface area contributed by atoms with Crippen molar-refractivity contribution in [1.82, 2.24) is 5.32 Å². The van der Waals surface area contributed by atoms with Crippen molar-refractivity contribution in [3.05, 3.63) is 23.8 Å². The minimum absolute atomic E-state index is 0.0547. The molecular formula is C12H15NO4. The van der Waals surface area contributed by atoms with Gasteiger partial charge in [-0.2, -0.15) is 0 Å². The fourth-order valence-electron chi connectivity index (χ4n) is 1.62. The molecule has 2 rings (SSSR count). The number of aliphatic hydroxyl groups excluding tert-OH is 1. The van der Waals surface area contributed by atoms with Crippen molar-refractivity contribution in [1.29, 1.82) is 0 Å². The van der Waals surface area contributed by atoms with Crippen molar-refractivity contribution in [2.24, 2.45) is 0 Å². The number of nitrogens with one attached hydrogen (secondary N) is 1. The second-order valence-electron chi connectivity index (χ2n) is 4.28. The molecule has 1 aromatic carbocycles. The summed E-state index contributed by atoms with van der Waals surface area (Å²) in [6, 6.07) is 4.45. The summed E-state index contributed by atoms with van der Waals surface area (Å²) >= 11 is 0. The van der Waals surface area contributed by atoms with Gasteiger partial charge in [0.1, 0.15) is 0 Å². The van der Waals surface area contributed by atoms with Crippen LogP contribution >= 0.6 is 0 Å². The van der Waals surface area contributed by atoms with E-state index in [0.29, 0.717) is 11.3 Å². The van der Waals surface area contributed by atoms with Crippen molar-refractivity contribution in [2.45, 2.75) is 18.4 Å². The summed E-state index contributed by atoms with van der Waals surface area (Å²) in [5.74, 6) is -0.0478. The highest BCUT2D eigenvalue weighted by atomic mass is 16.5. The van der Waals surface area contributed by atoms with Gasteiger partial charge in [-0.3, -0.25) is 4.79 Å². The number of rotatable bonds is 4. The largest absolute Gasteiger partial charge is 0.504 e. The summed E-state index contributed by atoms with van der Waals surface area (Å²) < 4.78 is 4.89. The molecule has 1 aliphatic rings. The minimum atomic E-state index is -0.452. The Labute approximate surface area is 99.0 Å². The van der Waals surface area contributed by atoms with Gasteiger partial charge in [0.05, 0.1) is 19.3 Å². The molecule has 0 heterocycles. The summed E-state index contributed by atoms with van der Waals surface area (Å²) in [6.45, 7) is -0.0547. The Morgan fingerprint density at radius 1 is 1.53 bits per heavy atom. The summed E-state index contributed by atoms with van der Waals surface area (Å²) in [5, 5.41) is 21.4. The van der Waals surface area contributed by atoms with Gasteiger partial charge in [0.2, 0.25) is 0 Å². The van der Waals surface area contributed by atoms with Gasteiger partial charge in [-0.15, -0.1) is 0 Å². The maximum atomic E-state index is 11.8. The Morgan fingerprint density at radius 2 is 2.24 bits per heavy atom. The molecule has 17 heavy (non-hydrogen) atoms. The molecule has 0 spiro atoms. The van der Waals surface area contributed by atoms with Crippen molar-refractivity contribution in [3.8, 4) is 11.5 Å². The summed E-state index contributed by atoms with van der Waals surface area (Å²) in [4.78, 5) is 11.8. The fourth-order valence-corrected chi connectivity index (χ4v) is 1.62. The molecule has 92 valence electrons. The lowest BCUT2D eigenvalue weighted by molar-refractivity contribution is 0.0906. The average Bonchev–Trinajstić information content (AvgIpc) is 3.09. The lowest BCUT2D eigenvalue weighted by Gasteiger charge is -2.14. The number of carbonyl (C=O) groups excluding carboxylic acids is 1. The van der Waals surface area contributed by atoms with E-state index in [4.69, 9.17) is 9.84 Å². The van der Waals surface area contributed by atoms with Crippen LogP contribution in [0, 0.1) is 0 Å². The van der Waals surface area contributed by atoms with E-state index in [0.717, 1.165) is 12.8 Å². The van der Waals surface area contributed by atoms with Crippen molar-refractivity contribution in [2.75, 3.05) is 13.7 Å². The summed E-state index contributed by atoms with van der Waals surface area (Å²) in [5.41, 5.74) is -0.102. The highest BCUT2D eigenvalue weighted by Crippen LogP contribution is 2.35. The molecule has 0 radical (unpaired) electrons. The highest BCUT2D eigenvalue weighted by molar-refractivity contribution is 5.95. The lowest BCUT2D eigenvalue weighted by Crippen LogP contribution is -2.39. The van der Waals surface area contributed by atoms with E-state index in [1.54, 1.807) is 6.07 Å². The molecule has 0 saturated heterocycles. The van der Waals surface area contributed by atoms with E-state index in [-0.39, 0.29) is 18.3 Å². The van der Waals surface area contributed by atoms with E-state index >= 15 is 0 Å². The number of benzene rings is 1. The molecule has 0 atom stereocenters. The normalized spacial score (nSPS) is 16.4. The van der Waals surface area contributed by atoms with Crippen molar-refractivity contribution in [3.63, 3.8) is 0 Å². The molecule has 0 bridgehead atoms. The van der Waals surface area contributed by atoms with Gasteiger partial charge in [0.15, 0.2) is 11.5 Å². The van der Waals surface area contributed by atoms with Gasteiger partial charge in [-0.05, 0) is 31.0 Å². The zero-order valence-electron chi connectivity index (χ0n) is 9.56. The molecule has 0 unspecified atom stereocenters.